The van der Waals surface area contributed by atoms with Gasteiger partial charge in [-0.15, -0.1) is 0 Å². The lowest BCUT2D eigenvalue weighted by atomic mass is 10.2. The Hall–Kier alpha value is -6.78. The summed E-state index contributed by atoms with van der Waals surface area (Å²) in [5.41, 5.74) is 13.2. The largest absolute Gasteiger partial charge is 0.472 e. The number of rotatable bonds is 20. The highest BCUT2D eigenvalue weighted by Gasteiger charge is 2.48. The third-order valence-electron chi connectivity index (χ3n) is 13.7. The van der Waals surface area contributed by atoms with Crippen molar-refractivity contribution in [2.24, 2.45) is 0 Å². The minimum absolute atomic E-state index is 0.000699. The predicted molar refractivity (Wildman–Crippen MR) is 273 cm³/mol. The number of aromatic amines is 4. The third-order valence-corrected chi connectivity index (χ3v) is 16.7. The number of anilines is 3. The highest BCUT2D eigenvalue weighted by molar-refractivity contribution is 7.48. The second-order valence-electron chi connectivity index (χ2n) is 19.2. The molecular formula is C40H50N17O23P3. The first kappa shape index (κ1) is 58.0. The van der Waals surface area contributed by atoms with E-state index in [9.17, 15) is 62.6 Å². The molecule has 4 aliphatic heterocycles. The number of hydrogen-bond donors (Lipinski definition) is 12. The van der Waals surface area contributed by atoms with Gasteiger partial charge in [-0.25, -0.2) is 33.4 Å². The minimum Gasteiger partial charge on any atom is -0.394 e. The van der Waals surface area contributed by atoms with Crippen LogP contribution in [0.15, 0.2) is 49.2 Å². The summed E-state index contributed by atoms with van der Waals surface area (Å²) in [7, 11) is -15.9. The van der Waals surface area contributed by atoms with Gasteiger partial charge in [0.25, 0.3) is 22.2 Å². The Labute approximate surface area is 459 Å². The Kier molecular flexibility index (Phi) is 15.6. The Bertz CT molecular complexity index is 4090. The maximum absolute atomic E-state index is 14.1. The third kappa shape index (κ3) is 12.0. The van der Waals surface area contributed by atoms with E-state index in [1.54, 1.807) is 0 Å². The van der Waals surface area contributed by atoms with Gasteiger partial charge < -0.3 is 61.0 Å². The topological polar surface area (TPSA) is 568 Å². The van der Waals surface area contributed by atoms with E-state index in [1.807, 2.05) is 0 Å². The van der Waals surface area contributed by atoms with Gasteiger partial charge in [0, 0.05) is 37.4 Å². The first-order chi connectivity index (χ1) is 39.3. The first-order valence-electron chi connectivity index (χ1n) is 24.7. The van der Waals surface area contributed by atoms with Crippen molar-refractivity contribution in [3.63, 3.8) is 0 Å². The number of aryl methyl sites for hydroxylation is 1. The van der Waals surface area contributed by atoms with E-state index in [1.165, 1.54) is 33.1 Å². The van der Waals surface area contributed by atoms with Crippen LogP contribution >= 0.6 is 23.5 Å². The standard InChI is InChI=1S/C40H50N17O23P3/c1-14-6-54(40(64)53-33(14)60)23-2-15(59)20(75-23)8-71-81(65,66)79-17-4-25(56-12-45-28-31(56)48-38(42)51-35(28)62)77-22(17)10-73-83(69,70)80-18-5-26(57-13-46-29-32(57)49-39(43)52-36(29)63)76-21(18)9-72-82(67,68)78-16-3-24(74-19(16)7-58)55-11-44-27-30(55)47-37(41)50-34(27)61/h6,11-13,15-26,58-59H,2-5,7-10H2,1H3,(H,65,66)(H,67,68)(H,69,70)(H,53,60,64)(H3,41,47,50,61)(H3,42,48,51,62)(H3,43,49,52,63)/t15-,16-,17-,18-,19+,20+,21+,22+,23+,24+,25+,26+/m0/s1. The molecule has 43 heteroatoms. The Morgan fingerprint density at radius 1 is 0.542 bits per heavy atom. The summed E-state index contributed by atoms with van der Waals surface area (Å²) >= 11 is 0. The van der Waals surface area contributed by atoms with Gasteiger partial charge in [0.05, 0.1) is 51.5 Å². The van der Waals surface area contributed by atoms with Crippen LogP contribution in [0.2, 0.25) is 0 Å². The van der Waals surface area contributed by atoms with Crippen molar-refractivity contribution in [3.05, 3.63) is 82.6 Å². The number of aliphatic hydroxyl groups is 2. The Morgan fingerprint density at radius 3 is 1.29 bits per heavy atom. The quantitative estimate of drug-likeness (QED) is 0.0338. The predicted octanol–water partition coefficient (Wildman–Crippen LogP) is -3.00. The van der Waals surface area contributed by atoms with Crippen molar-refractivity contribution in [1.82, 2.24) is 68.1 Å². The lowest BCUT2D eigenvalue weighted by molar-refractivity contribution is -0.0624. The molecule has 11 rings (SSSR count). The van der Waals surface area contributed by atoms with Gasteiger partial charge in [-0.1, -0.05) is 0 Å². The second-order valence-corrected chi connectivity index (χ2v) is 23.5. The van der Waals surface area contributed by atoms with Crippen molar-refractivity contribution in [3.8, 4) is 0 Å². The normalized spacial score (nSPS) is 28.8. The maximum Gasteiger partial charge on any atom is 0.472 e. The van der Waals surface area contributed by atoms with Crippen LogP contribution in [0.25, 0.3) is 33.5 Å². The van der Waals surface area contributed by atoms with Crippen LogP contribution < -0.4 is 45.1 Å². The summed E-state index contributed by atoms with van der Waals surface area (Å²) in [4.78, 5) is 129. The minimum atomic E-state index is -5.42. The molecule has 0 radical (unpaired) electrons. The summed E-state index contributed by atoms with van der Waals surface area (Å²) in [6.07, 6.45) is -12.9. The van der Waals surface area contributed by atoms with Gasteiger partial charge in [0.1, 0.15) is 67.6 Å². The molecule has 0 aliphatic carbocycles. The molecule has 83 heavy (non-hydrogen) atoms. The molecule has 7 aromatic rings. The van der Waals surface area contributed by atoms with Crippen molar-refractivity contribution in [1.29, 1.82) is 0 Å². The van der Waals surface area contributed by atoms with Gasteiger partial charge >= 0.3 is 29.2 Å². The number of H-pyrrole nitrogens is 4. The van der Waals surface area contributed by atoms with Crippen molar-refractivity contribution >= 4 is 74.8 Å². The molecule has 7 aromatic heterocycles. The number of imidazole rings is 3. The summed E-state index contributed by atoms with van der Waals surface area (Å²) in [5, 5.41) is 20.9. The molecule has 0 spiro atoms. The summed E-state index contributed by atoms with van der Waals surface area (Å²) in [6.45, 7) is -1.99. The monoisotopic (exact) mass is 1230 g/mol. The van der Waals surface area contributed by atoms with E-state index in [0.29, 0.717) is 0 Å². The molecular weight excluding hydrogens is 1180 g/mol. The second kappa shape index (κ2) is 22.3. The molecule has 15 atom stereocenters. The van der Waals surface area contributed by atoms with Gasteiger partial charge in [-0.2, -0.15) is 15.0 Å². The molecule has 0 amide bonds. The summed E-state index contributed by atoms with van der Waals surface area (Å²) in [6, 6.07) is 0. The van der Waals surface area contributed by atoms with Crippen molar-refractivity contribution in [2.75, 3.05) is 43.6 Å². The zero-order valence-corrected chi connectivity index (χ0v) is 45.2. The fourth-order valence-electron chi connectivity index (χ4n) is 9.82. The zero-order valence-electron chi connectivity index (χ0n) is 42.5. The average Bonchev–Trinajstić information content (AvgIpc) is 3.90. The smallest absolute Gasteiger partial charge is 0.394 e. The fraction of sp³-hybridized carbons (Fsp3) is 0.525. The molecule has 448 valence electrons. The van der Waals surface area contributed by atoms with Crippen LogP contribution in [0.1, 0.15) is 56.2 Å². The molecule has 40 nitrogen and oxygen atoms in total. The first-order valence-corrected chi connectivity index (χ1v) is 29.2. The van der Waals surface area contributed by atoms with Crippen LogP contribution in [-0.2, 0) is 59.8 Å². The number of ether oxygens (including phenoxy) is 4. The van der Waals surface area contributed by atoms with Crippen molar-refractivity contribution in [2.45, 2.75) is 106 Å². The fourth-order valence-corrected chi connectivity index (χ4v) is 12.7. The van der Waals surface area contributed by atoms with Crippen LogP contribution in [-0.4, -0.2) is 168 Å². The molecule has 4 saturated heterocycles. The lowest BCUT2D eigenvalue weighted by Crippen LogP contribution is -2.33. The Morgan fingerprint density at radius 2 is 0.892 bits per heavy atom. The van der Waals surface area contributed by atoms with E-state index in [0.717, 1.165) is 17.2 Å². The molecule has 3 unspecified atom stereocenters. The van der Waals surface area contributed by atoms with Crippen LogP contribution in [0.4, 0.5) is 17.8 Å². The highest BCUT2D eigenvalue weighted by Crippen LogP contribution is 2.54. The molecule has 4 aliphatic rings. The number of nitrogens with two attached hydrogens (primary N) is 3. The van der Waals surface area contributed by atoms with E-state index < -0.39 is 158 Å². The number of phosphoric acid groups is 3. The van der Waals surface area contributed by atoms with E-state index in [-0.39, 0.29) is 76.2 Å². The molecule has 0 aromatic carbocycles. The molecule has 15 N–H and O–H groups in total. The zero-order chi connectivity index (χ0) is 59.0. The van der Waals surface area contributed by atoms with Gasteiger partial charge in [0.15, 0.2) is 33.5 Å². The Balaban J connectivity index is 0.797. The molecule has 0 saturated carbocycles. The number of aliphatic hydroxyl groups excluding tert-OH is 2. The molecule has 4 fully saturated rings. The number of nitrogens with one attached hydrogen (secondary N) is 4. The van der Waals surface area contributed by atoms with Gasteiger partial charge in [-0.3, -0.25) is 84.5 Å². The van der Waals surface area contributed by atoms with Crippen molar-refractivity contribution < 1.29 is 84.7 Å². The summed E-state index contributed by atoms with van der Waals surface area (Å²) in [5.74, 6) is -0.873. The van der Waals surface area contributed by atoms with Gasteiger partial charge in [-0.05, 0) is 6.92 Å². The van der Waals surface area contributed by atoms with Crippen LogP contribution in [0, 0.1) is 6.92 Å². The number of aromatic nitrogens is 14. The molecule has 0 bridgehead atoms. The summed E-state index contributed by atoms with van der Waals surface area (Å²) < 4.78 is 103. The maximum atomic E-state index is 14.1. The lowest BCUT2D eigenvalue weighted by Gasteiger charge is -2.25. The molecule has 11 heterocycles. The number of nitrogen functional groups attached to an aromatic ring is 3. The number of phosphoric ester groups is 3. The van der Waals surface area contributed by atoms with E-state index in [2.05, 4.69) is 49.8 Å². The number of fused-ring (bicyclic) bond motifs is 3. The highest BCUT2D eigenvalue weighted by atomic mass is 31.2. The van der Waals surface area contributed by atoms with Gasteiger partial charge in [0.2, 0.25) is 17.8 Å². The SMILES string of the molecule is Cc1cn([C@H]2C[C@H](O)[C@@H](COP(=O)(O)O[C@H]3C[C@H](n4cnc5c(=O)[nH]c(N)nc54)O[C@@H]3COP(=O)(O)O[C@H]3C[C@H](n4cnc5c(=O)[nH]c(N)nc54)O[C@@H]3COP(=O)(O)O[C@H]3C[C@H](n4cnc5c(=O)[nH]c(N)nc54)O[C@@H]3CO)O2)c(=O)[nH]c1=O. The van der Waals surface area contributed by atoms with Crippen LogP contribution in [0.5, 0.6) is 0 Å². The number of hydrogen-bond acceptors (Lipinski definition) is 29. The number of nitrogens with zero attached hydrogens (tertiary/aromatic N) is 10. The van der Waals surface area contributed by atoms with E-state index >= 15 is 0 Å². The van der Waals surface area contributed by atoms with Crippen LogP contribution in [0.3, 0.4) is 0 Å². The van der Waals surface area contributed by atoms with E-state index in [4.69, 9.17) is 63.3 Å². The average molecular weight is 1230 g/mol.